The van der Waals surface area contributed by atoms with Gasteiger partial charge < -0.3 is 20.3 Å². The third-order valence-corrected chi connectivity index (χ3v) is 3.93. The van der Waals surface area contributed by atoms with Gasteiger partial charge in [0.1, 0.15) is 0 Å². The summed E-state index contributed by atoms with van der Waals surface area (Å²) in [5.74, 6) is 0.899. The molecule has 0 amide bonds. The Morgan fingerprint density at radius 1 is 1.28 bits per heavy atom. The zero-order chi connectivity index (χ0) is 18.5. The molecule has 0 aliphatic rings. The van der Waals surface area contributed by atoms with Crippen LogP contribution in [-0.4, -0.2) is 74.1 Å². The summed E-state index contributed by atoms with van der Waals surface area (Å²) in [7, 11) is 3.86. The van der Waals surface area contributed by atoms with Crippen LogP contribution in [0.4, 0.5) is 0 Å². The molecule has 0 spiro atoms. The first-order valence-electron chi connectivity index (χ1n) is 9.27. The highest BCUT2D eigenvalue weighted by Gasteiger charge is 2.01. The van der Waals surface area contributed by atoms with E-state index in [0.717, 1.165) is 70.4 Å². The minimum absolute atomic E-state index is 0.781. The van der Waals surface area contributed by atoms with Crippen LogP contribution in [0.15, 0.2) is 11.1 Å². The van der Waals surface area contributed by atoms with Crippen molar-refractivity contribution in [1.29, 1.82) is 0 Å². The van der Waals surface area contributed by atoms with Crippen LogP contribution in [0.25, 0.3) is 0 Å². The highest BCUT2D eigenvalue weighted by molar-refractivity contribution is 5.79. The van der Waals surface area contributed by atoms with Crippen LogP contribution in [0.1, 0.15) is 31.2 Å². The first-order chi connectivity index (χ1) is 12.1. The monoisotopic (exact) mass is 352 g/mol. The summed E-state index contributed by atoms with van der Waals surface area (Å²) < 4.78 is 7.15. The van der Waals surface area contributed by atoms with Gasteiger partial charge in [0.05, 0.1) is 12.3 Å². The van der Waals surface area contributed by atoms with E-state index in [-0.39, 0.29) is 0 Å². The topological polar surface area (TPSA) is 66.7 Å². The van der Waals surface area contributed by atoms with Gasteiger partial charge >= 0.3 is 0 Å². The molecule has 0 saturated carbocycles. The largest absolute Gasteiger partial charge is 0.383 e. The summed E-state index contributed by atoms with van der Waals surface area (Å²) in [4.78, 5) is 6.93. The predicted octanol–water partition coefficient (Wildman–Crippen LogP) is 1.41. The van der Waals surface area contributed by atoms with Crippen molar-refractivity contribution in [2.75, 3.05) is 53.5 Å². The molecule has 0 fully saturated rings. The molecule has 2 N–H and O–H groups in total. The lowest BCUT2D eigenvalue weighted by Gasteiger charge is -2.17. The van der Waals surface area contributed by atoms with Crippen molar-refractivity contribution in [3.8, 4) is 0 Å². The number of aryl methyl sites for hydroxylation is 3. The van der Waals surface area contributed by atoms with Crippen LogP contribution >= 0.6 is 0 Å². The van der Waals surface area contributed by atoms with E-state index in [1.54, 1.807) is 7.11 Å². The molecule has 1 heterocycles. The lowest BCUT2D eigenvalue weighted by atomic mass is 10.4. The molecule has 1 aromatic rings. The Bertz CT molecular complexity index is 500. The van der Waals surface area contributed by atoms with Crippen LogP contribution < -0.4 is 10.6 Å². The number of rotatable bonds is 12. The Morgan fingerprint density at radius 3 is 2.72 bits per heavy atom. The highest BCUT2D eigenvalue weighted by Crippen LogP contribution is 2.02. The maximum absolute atomic E-state index is 5.09. The van der Waals surface area contributed by atoms with Crippen molar-refractivity contribution in [2.45, 2.75) is 40.2 Å². The normalized spacial score (nSPS) is 12.0. The number of aromatic nitrogens is 2. The maximum Gasteiger partial charge on any atom is 0.191 e. The fraction of sp³-hybridized carbons (Fsp3) is 0.778. The molecular weight excluding hydrogens is 316 g/mol. The van der Waals surface area contributed by atoms with Gasteiger partial charge in [0.2, 0.25) is 0 Å². The molecule has 0 aliphatic carbocycles. The van der Waals surface area contributed by atoms with Crippen molar-refractivity contribution in [1.82, 2.24) is 25.3 Å². The zero-order valence-corrected chi connectivity index (χ0v) is 16.6. The van der Waals surface area contributed by atoms with E-state index < -0.39 is 0 Å². The number of hydrogen-bond acceptors (Lipinski definition) is 4. The van der Waals surface area contributed by atoms with E-state index in [1.165, 1.54) is 5.69 Å². The predicted molar refractivity (Wildman–Crippen MR) is 104 cm³/mol. The second-order valence-corrected chi connectivity index (χ2v) is 6.34. The maximum atomic E-state index is 5.09. The first-order valence-corrected chi connectivity index (χ1v) is 9.27. The summed E-state index contributed by atoms with van der Waals surface area (Å²) in [5, 5.41) is 11.2. The Balaban J connectivity index is 2.25. The molecule has 0 aliphatic heterocycles. The quantitative estimate of drug-likeness (QED) is 0.338. The number of ether oxygens (including phenoxy) is 1. The average molecular weight is 353 g/mol. The summed E-state index contributed by atoms with van der Waals surface area (Å²) in [6.07, 6.45) is 2.06. The van der Waals surface area contributed by atoms with Crippen molar-refractivity contribution in [3.05, 3.63) is 17.5 Å². The van der Waals surface area contributed by atoms with E-state index in [9.17, 15) is 0 Å². The Hall–Kier alpha value is -1.60. The van der Waals surface area contributed by atoms with Crippen LogP contribution in [0.3, 0.4) is 0 Å². The van der Waals surface area contributed by atoms with E-state index >= 15 is 0 Å². The Morgan fingerprint density at radius 2 is 2.08 bits per heavy atom. The van der Waals surface area contributed by atoms with Gasteiger partial charge in [-0.3, -0.25) is 9.67 Å². The number of hydrogen-bond donors (Lipinski definition) is 2. The lowest BCUT2D eigenvalue weighted by molar-refractivity contribution is 0.161. The van der Waals surface area contributed by atoms with Gasteiger partial charge in [0, 0.05) is 45.5 Å². The smallest absolute Gasteiger partial charge is 0.191 e. The van der Waals surface area contributed by atoms with E-state index in [4.69, 9.17) is 4.74 Å². The summed E-state index contributed by atoms with van der Waals surface area (Å²) >= 11 is 0. The molecule has 144 valence electrons. The van der Waals surface area contributed by atoms with Crippen molar-refractivity contribution < 1.29 is 4.74 Å². The van der Waals surface area contributed by atoms with Gasteiger partial charge in [0.25, 0.3) is 0 Å². The van der Waals surface area contributed by atoms with Crippen molar-refractivity contribution in [3.63, 3.8) is 0 Å². The number of aliphatic imine (C=N–C) groups is 1. The molecule has 0 bridgehead atoms. The molecule has 0 aromatic carbocycles. The number of nitrogens with zero attached hydrogens (tertiary/aromatic N) is 4. The summed E-state index contributed by atoms with van der Waals surface area (Å²) in [6.45, 7) is 12.5. The number of nitrogens with one attached hydrogen (secondary N) is 2. The van der Waals surface area contributed by atoms with Gasteiger partial charge in [-0.2, -0.15) is 5.10 Å². The molecule has 0 saturated heterocycles. The number of methoxy groups -OCH3 is 1. The van der Waals surface area contributed by atoms with Crippen LogP contribution in [-0.2, 0) is 11.3 Å². The Labute approximate surface area is 152 Å². The summed E-state index contributed by atoms with van der Waals surface area (Å²) in [5.41, 5.74) is 2.29. The lowest BCUT2D eigenvalue weighted by Crippen LogP contribution is -2.38. The molecule has 0 radical (unpaired) electrons. The minimum atomic E-state index is 0.781. The molecule has 7 nitrogen and oxygen atoms in total. The Kier molecular flexibility index (Phi) is 10.9. The number of guanidine groups is 1. The number of likely N-dealkylation sites (N-methyl/N-ethyl adjacent to an activating group) is 1. The molecule has 0 atom stereocenters. The van der Waals surface area contributed by atoms with Gasteiger partial charge in [-0.15, -0.1) is 0 Å². The fourth-order valence-corrected chi connectivity index (χ4v) is 2.57. The van der Waals surface area contributed by atoms with Gasteiger partial charge in [0.15, 0.2) is 5.96 Å². The zero-order valence-electron chi connectivity index (χ0n) is 16.6. The second-order valence-electron chi connectivity index (χ2n) is 6.34. The van der Waals surface area contributed by atoms with E-state index in [0.29, 0.717) is 0 Å². The molecule has 7 heteroatoms. The summed E-state index contributed by atoms with van der Waals surface area (Å²) in [6, 6.07) is 2.11. The third kappa shape index (κ3) is 9.45. The SMILES string of the molecule is CCNC(=NCCCn1nc(C)cc1C)NCCCN(C)CCOC. The highest BCUT2D eigenvalue weighted by atomic mass is 16.5. The van der Waals surface area contributed by atoms with Gasteiger partial charge in [-0.25, -0.2) is 0 Å². The molecule has 1 aromatic heterocycles. The third-order valence-electron chi connectivity index (χ3n) is 3.93. The van der Waals surface area contributed by atoms with Crippen molar-refractivity contribution >= 4 is 5.96 Å². The minimum Gasteiger partial charge on any atom is -0.383 e. The fourth-order valence-electron chi connectivity index (χ4n) is 2.57. The molecular formula is C18H36N6O. The van der Waals surface area contributed by atoms with Crippen LogP contribution in [0, 0.1) is 13.8 Å². The molecule has 0 unspecified atom stereocenters. The van der Waals surface area contributed by atoms with Crippen molar-refractivity contribution in [2.24, 2.45) is 4.99 Å². The van der Waals surface area contributed by atoms with Crippen LogP contribution in [0.2, 0.25) is 0 Å². The average Bonchev–Trinajstić information content (AvgIpc) is 2.90. The second kappa shape index (κ2) is 12.7. The first kappa shape index (κ1) is 21.4. The molecule has 25 heavy (non-hydrogen) atoms. The molecule has 1 rings (SSSR count). The van der Waals surface area contributed by atoms with E-state index in [1.807, 2.05) is 6.92 Å². The standard InChI is InChI=1S/C18H36N6O/c1-6-19-18(20-9-7-11-23(4)13-14-25-5)21-10-8-12-24-17(3)15-16(2)22-24/h15H,6-14H2,1-5H3,(H2,19,20,21). The van der Waals surface area contributed by atoms with Crippen LogP contribution in [0.5, 0.6) is 0 Å². The van der Waals surface area contributed by atoms with Gasteiger partial charge in [-0.05, 0) is 53.3 Å². The van der Waals surface area contributed by atoms with E-state index in [2.05, 4.69) is 57.3 Å². The van der Waals surface area contributed by atoms with Gasteiger partial charge in [-0.1, -0.05) is 0 Å².